The largest absolute Gasteiger partial charge is 0.573 e. The lowest BCUT2D eigenvalue weighted by Gasteiger charge is -2.16. The summed E-state index contributed by atoms with van der Waals surface area (Å²) in [6, 6.07) is 15.7. The van der Waals surface area contributed by atoms with Gasteiger partial charge in [0.15, 0.2) is 5.96 Å². The molecule has 5 nitrogen and oxygen atoms in total. The number of fused-ring (bicyclic) bond motifs is 1. The lowest BCUT2D eigenvalue weighted by Crippen LogP contribution is -2.36. The minimum absolute atomic E-state index is 0. The number of halogens is 4. The minimum Gasteiger partial charge on any atom is -0.405 e. The first-order valence-corrected chi connectivity index (χ1v) is 8.57. The van der Waals surface area contributed by atoms with E-state index in [1.54, 1.807) is 25.4 Å². The number of hydrogen-bond donors (Lipinski definition) is 2. The number of rotatable bonds is 5. The van der Waals surface area contributed by atoms with Crippen LogP contribution in [0.3, 0.4) is 0 Å². The molecule has 0 saturated heterocycles. The summed E-state index contributed by atoms with van der Waals surface area (Å²) in [5.41, 5.74) is 2.24. The van der Waals surface area contributed by atoms with Crippen molar-refractivity contribution in [1.82, 2.24) is 15.6 Å². The lowest BCUT2D eigenvalue weighted by atomic mass is 10.1. The highest BCUT2D eigenvalue weighted by Crippen LogP contribution is 2.26. The van der Waals surface area contributed by atoms with Gasteiger partial charge in [-0.2, -0.15) is 0 Å². The third-order valence-electron chi connectivity index (χ3n) is 4.03. The van der Waals surface area contributed by atoms with E-state index in [-0.39, 0.29) is 36.3 Å². The molecule has 0 radical (unpaired) electrons. The van der Waals surface area contributed by atoms with E-state index in [0.29, 0.717) is 18.1 Å². The molecule has 154 valence electrons. The van der Waals surface area contributed by atoms with Gasteiger partial charge in [0.1, 0.15) is 5.75 Å². The normalized spacial score (nSPS) is 11.7. The van der Waals surface area contributed by atoms with E-state index in [2.05, 4.69) is 25.3 Å². The number of nitrogens with zero attached hydrogens (tertiary/aromatic N) is 2. The predicted octanol–water partition coefficient (Wildman–Crippen LogP) is 4.62. The lowest BCUT2D eigenvalue weighted by molar-refractivity contribution is -0.274. The summed E-state index contributed by atoms with van der Waals surface area (Å²) in [6.45, 7) is 0.592. The van der Waals surface area contributed by atoms with E-state index in [4.69, 9.17) is 0 Å². The average Bonchev–Trinajstić information content (AvgIpc) is 2.68. The zero-order valence-corrected chi connectivity index (χ0v) is 17.9. The minimum atomic E-state index is -4.74. The number of nitrogens with one attached hydrogen (secondary N) is 2. The summed E-state index contributed by atoms with van der Waals surface area (Å²) in [7, 11) is 1.59. The zero-order valence-electron chi connectivity index (χ0n) is 15.5. The van der Waals surface area contributed by atoms with Gasteiger partial charge in [-0.1, -0.05) is 42.5 Å². The summed E-state index contributed by atoms with van der Waals surface area (Å²) in [5.74, 6) is 0.214. The Labute approximate surface area is 183 Å². The zero-order chi connectivity index (χ0) is 20.0. The van der Waals surface area contributed by atoms with Gasteiger partial charge in [-0.15, -0.1) is 37.1 Å². The summed E-state index contributed by atoms with van der Waals surface area (Å²) >= 11 is 0. The molecule has 0 spiro atoms. The van der Waals surface area contributed by atoms with Gasteiger partial charge in [0.05, 0.1) is 5.52 Å². The molecule has 1 heterocycles. The van der Waals surface area contributed by atoms with Crippen molar-refractivity contribution in [3.05, 3.63) is 71.9 Å². The second kappa shape index (κ2) is 10.3. The third-order valence-corrected chi connectivity index (χ3v) is 4.03. The first-order valence-electron chi connectivity index (χ1n) is 8.57. The average molecular weight is 516 g/mol. The Bertz CT molecular complexity index is 974. The molecule has 0 amide bonds. The maximum atomic E-state index is 12.5. The molecule has 2 aromatic carbocycles. The van der Waals surface area contributed by atoms with Crippen molar-refractivity contribution in [3.8, 4) is 5.75 Å². The molecule has 0 aliphatic heterocycles. The number of guanidine groups is 1. The first-order chi connectivity index (χ1) is 13.5. The number of aromatic nitrogens is 1. The van der Waals surface area contributed by atoms with Crippen LogP contribution >= 0.6 is 24.0 Å². The van der Waals surface area contributed by atoms with Crippen molar-refractivity contribution in [1.29, 1.82) is 0 Å². The Morgan fingerprint density at radius 2 is 1.62 bits per heavy atom. The van der Waals surface area contributed by atoms with Crippen LogP contribution in [-0.2, 0) is 13.1 Å². The summed E-state index contributed by atoms with van der Waals surface area (Å²) in [5, 5.41) is 7.18. The number of alkyl halides is 3. The van der Waals surface area contributed by atoms with E-state index in [0.717, 1.165) is 16.5 Å². The fourth-order valence-corrected chi connectivity index (χ4v) is 2.76. The molecule has 3 aromatic rings. The number of hydrogen-bond acceptors (Lipinski definition) is 3. The number of pyridine rings is 1. The van der Waals surface area contributed by atoms with E-state index in [9.17, 15) is 13.2 Å². The van der Waals surface area contributed by atoms with Crippen LogP contribution in [0.25, 0.3) is 10.9 Å². The van der Waals surface area contributed by atoms with Crippen molar-refractivity contribution in [2.45, 2.75) is 19.5 Å². The molecule has 1 aromatic heterocycles. The van der Waals surface area contributed by atoms with Gasteiger partial charge in [-0.05, 0) is 17.7 Å². The SMILES string of the molecule is CN=C(NCc1ccccc1OC(F)(F)F)NCc1cccc2cccnc12.I. The van der Waals surface area contributed by atoms with Crippen molar-refractivity contribution in [3.63, 3.8) is 0 Å². The molecule has 2 N–H and O–H groups in total. The number of para-hydroxylation sites is 2. The van der Waals surface area contributed by atoms with Gasteiger partial charge in [-0.25, -0.2) is 0 Å². The van der Waals surface area contributed by atoms with Crippen LogP contribution in [0.1, 0.15) is 11.1 Å². The Kier molecular flexibility index (Phi) is 8.06. The number of ether oxygens (including phenoxy) is 1. The van der Waals surface area contributed by atoms with Crippen LogP contribution in [0.15, 0.2) is 65.8 Å². The molecular formula is C20H20F3IN4O. The van der Waals surface area contributed by atoms with Crippen LogP contribution < -0.4 is 15.4 Å². The summed E-state index contributed by atoms with van der Waals surface area (Å²) < 4.78 is 41.7. The summed E-state index contributed by atoms with van der Waals surface area (Å²) in [4.78, 5) is 8.51. The monoisotopic (exact) mass is 516 g/mol. The highest BCUT2D eigenvalue weighted by molar-refractivity contribution is 14.0. The van der Waals surface area contributed by atoms with Crippen LogP contribution in [0.4, 0.5) is 13.2 Å². The molecule has 0 atom stereocenters. The van der Waals surface area contributed by atoms with Crippen LogP contribution in [0.2, 0.25) is 0 Å². The van der Waals surface area contributed by atoms with Crippen molar-refractivity contribution < 1.29 is 17.9 Å². The van der Waals surface area contributed by atoms with Crippen LogP contribution in [0, 0.1) is 0 Å². The molecule has 0 bridgehead atoms. The predicted molar refractivity (Wildman–Crippen MR) is 117 cm³/mol. The smallest absolute Gasteiger partial charge is 0.405 e. The van der Waals surface area contributed by atoms with Crippen LogP contribution in [0.5, 0.6) is 5.75 Å². The maximum absolute atomic E-state index is 12.5. The molecule has 29 heavy (non-hydrogen) atoms. The van der Waals surface area contributed by atoms with E-state index in [1.165, 1.54) is 12.1 Å². The van der Waals surface area contributed by atoms with E-state index >= 15 is 0 Å². The molecule has 0 aliphatic carbocycles. The topological polar surface area (TPSA) is 58.5 Å². The Morgan fingerprint density at radius 1 is 0.966 bits per heavy atom. The highest BCUT2D eigenvalue weighted by Gasteiger charge is 2.31. The molecule has 0 aliphatic rings. The molecule has 3 rings (SSSR count). The fourth-order valence-electron chi connectivity index (χ4n) is 2.76. The van der Waals surface area contributed by atoms with Gasteiger partial charge in [0, 0.05) is 37.3 Å². The first kappa shape index (κ1) is 22.7. The van der Waals surface area contributed by atoms with Gasteiger partial charge >= 0.3 is 6.36 Å². The van der Waals surface area contributed by atoms with Gasteiger partial charge in [0.25, 0.3) is 0 Å². The molecular weight excluding hydrogens is 496 g/mol. The van der Waals surface area contributed by atoms with Crippen molar-refractivity contribution in [2.75, 3.05) is 7.05 Å². The fraction of sp³-hybridized carbons (Fsp3) is 0.200. The van der Waals surface area contributed by atoms with Crippen LogP contribution in [-0.4, -0.2) is 24.4 Å². The van der Waals surface area contributed by atoms with Crippen molar-refractivity contribution in [2.24, 2.45) is 4.99 Å². The Hall–Kier alpha value is -2.56. The maximum Gasteiger partial charge on any atom is 0.573 e. The van der Waals surface area contributed by atoms with E-state index < -0.39 is 6.36 Å². The standard InChI is InChI=1S/C20H19F3N4O.HI/c1-24-19(26-12-15-6-2-3-10-17(15)28-20(21,22)23)27-13-16-8-4-7-14-9-5-11-25-18(14)16;/h2-11H,12-13H2,1H3,(H2,24,26,27);1H. The second-order valence-electron chi connectivity index (χ2n) is 5.93. The van der Waals surface area contributed by atoms with Crippen molar-refractivity contribution >= 4 is 40.8 Å². The Balaban J connectivity index is 0.00000300. The number of benzene rings is 2. The molecule has 9 heteroatoms. The third kappa shape index (κ3) is 6.48. The van der Waals surface area contributed by atoms with Gasteiger partial charge in [0.2, 0.25) is 0 Å². The quantitative estimate of drug-likeness (QED) is 0.296. The van der Waals surface area contributed by atoms with E-state index in [1.807, 2.05) is 30.3 Å². The second-order valence-corrected chi connectivity index (χ2v) is 5.93. The number of aliphatic imine (C=N–C) groups is 1. The molecule has 0 unspecified atom stereocenters. The molecule has 0 fully saturated rings. The van der Waals surface area contributed by atoms with Gasteiger partial charge in [-0.3, -0.25) is 9.98 Å². The summed E-state index contributed by atoms with van der Waals surface area (Å²) in [6.07, 6.45) is -3.01. The molecule has 0 saturated carbocycles. The Morgan fingerprint density at radius 3 is 2.34 bits per heavy atom. The van der Waals surface area contributed by atoms with Gasteiger partial charge < -0.3 is 15.4 Å². The highest BCUT2D eigenvalue weighted by atomic mass is 127.